The van der Waals surface area contributed by atoms with Gasteiger partial charge in [0.05, 0.1) is 0 Å². The minimum Gasteiger partial charge on any atom is -0.427 e. The van der Waals surface area contributed by atoms with Gasteiger partial charge in [0.25, 0.3) is 0 Å². The molecule has 2 aromatic carbocycles. The van der Waals surface area contributed by atoms with E-state index < -0.39 is 6.16 Å². The largest absolute Gasteiger partial charge is 0.540 e. The molecule has 0 bridgehead atoms. The van der Waals surface area contributed by atoms with Gasteiger partial charge in [-0.3, -0.25) is 4.89 Å². The molecule has 0 amide bonds. The van der Waals surface area contributed by atoms with Crippen LogP contribution in [0.1, 0.15) is 50.7 Å². The number of ether oxygens (including phenoxy) is 1. The molecule has 0 fully saturated rings. The fraction of sp³-hybridized carbons (Fsp3) is 0.435. The maximum atomic E-state index is 11.2. The average molecular weight is 491 g/mol. The molecule has 0 aliphatic heterocycles. The van der Waals surface area contributed by atoms with Crippen molar-refractivity contribution in [2.24, 2.45) is 0 Å². The van der Waals surface area contributed by atoms with Gasteiger partial charge in [0.1, 0.15) is 13.2 Å². The van der Waals surface area contributed by atoms with Crippen molar-refractivity contribution in [1.29, 1.82) is 0 Å². The van der Waals surface area contributed by atoms with Crippen LogP contribution in [-0.2, 0) is 27.7 Å². The van der Waals surface area contributed by atoms with E-state index in [0.29, 0.717) is 0 Å². The van der Waals surface area contributed by atoms with Gasteiger partial charge in [0.15, 0.2) is 0 Å². The predicted octanol–water partition coefficient (Wildman–Crippen LogP) is 6.60. The third kappa shape index (κ3) is 13.6. The minimum atomic E-state index is -0.847. The molecular weight excluding hydrogens is 459 g/mol. The van der Waals surface area contributed by atoms with Gasteiger partial charge in [-0.05, 0) is 11.1 Å². The Balaban J connectivity index is 0.000000370. The van der Waals surface area contributed by atoms with E-state index in [-0.39, 0.29) is 34.4 Å². The molecule has 2 radical (unpaired) electrons. The van der Waals surface area contributed by atoms with Crippen LogP contribution >= 0.6 is 0 Å². The fourth-order valence-electron chi connectivity index (χ4n) is 2.19. The molecule has 5 heteroatoms. The second kappa shape index (κ2) is 17.6. The summed E-state index contributed by atoms with van der Waals surface area (Å²) in [5, 5.41) is 0. The van der Waals surface area contributed by atoms with Crippen LogP contribution in [0.3, 0.4) is 0 Å². The Bertz CT molecular complexity index is 599. The van der Waals surface area contributed by atoms with Crippen molar-refractivity contribution in [3.63, 3.8) is 0 Å². The Kier molecular flexibility index (Phi) is 15.4. The van der Waals surface area contributed by atoms with Gasteiger partial charge in [0.2, 0.25) is 0 Å². The summed E-state index contributed by atoms with van der Waals surface area (Å²) in [6.45, 7) is 4.94. The van der Waals surface area contributed by atoms with Gasteiger partial charge < -0.3 is 4.74 Å². The molecule has 0 saturated heterocycles. The van der Waals surface area contributed by atoms with E-state index in [0.717, 1.165) is 11.1 Å². The Hall–Kier alpha value is -1.53. The van der Waals surface area contributed by atoms with Crippen molar-refractivity contribution in [3.8, 4) is 0 Å². The maximum Gasteiger partial charge on any atom is 0.540 e. The minimum absolute atomic E-state index is 0.149. The summed E-state index contributed by atoms with van der Waals surface area (Å²) in [7, 11) is 0. The average Bonchev–Trinajstić information content (AvgIpc) is 2.74. The van der Waals surface area contributed by atoms with Crippen molar-refractivity contribution in [2.75, 3.05) is 0 Å². The first-order chi connectivity index (χ1) is 13.8. The van der Waals surface area contributed by atoms with Crippen LogP contribution in [0.4, 0.5) is 4.79 Å². The zero-order valence-corrected chi connectivity index (χ0v) is 19.9. The monoisotopic (exact) mass is 492 g/mol. The molecule has 0 unspecified atom stereocenters. The number of carbonyl (C=O) groups is 1. The summed E-state index contributed by atoms with van der Waals surface area (Å²) in [4.78, 5) is 20.5. The quantitative estimate of drug-likeness (QED) is 0.117. The summed E-state index contributed by atoms with van der Waals surface area (Å²) in [6.07, 6.45) is 4.99. The van der Waals surface area contributed by atoms with Crippen LogP contribution in [0.25, 0.3) is 0 Å². The first-order valence-electron chi connectivity index (χ1n) is 10.0. The van der Waals surface area contributed by atoms with Crippen molar-refractivity contribution in [3.05, 3.63) is 71.8 Å². The van der Waals surface area contributed by atoms with E-state index in [1.54, 1.807) is 8.87 Å². The first kappa shape index (κ1) is 24.5. The van der Waals surface area contributed by atoms with E-state index in [2.05, 4.69) is 18.7 Å². The van der Waals surface area contributed by atoms with Crippen LogP contribution in [-0.4, -0.2) is 27.3 Å². The predicted molar refractivity (Wildman–Crippen MR) is 114 cm³/mol. The Labute approximate surface area is 179 Å². The first-order valence-corrected chi connectivity index (χ1v) is 14.0. The van der Waals surface area contributed by atoms with E-state index in [1.807, 2.05) is 60.7 Å². The molecule has 0 saturated carbocycles. The summed E-state index contributed by atoms with van der Waals surface area (Å²) in [5.74, 6) is 0. The van der Waals surface area contributed by atoms with E-state index in [9.17, 15) is 4.79 Å². The molecule has 152 valence electrons. The van der Waals surface area contributed by atoms with Gasteiger partial charge in [-0.25, -0.2) is 4.79 Å². The second-order valence-corrected chi connectivity index (χ2v) is 10.6. The van der Waals surface area contributed by atoms with Crippen LogP contribution in [0.2, 0.25) is 8.87 Å². The van der Waals surface area contributed by atoms with Crippen LogP contribution in [0, 0.1) is 0 Å². The molecule has 2 aromatic rings. The standard InChI is InChI=1S/C15H14O4.2C4H9.Sn/c16-15(17-11-13-7-3-1-4-8-13)19-18-12-14-9-5-2-6-10-14;2*1-3-4-2;/h1-10H,11-12H2;2*1,3-4H2,2H3;. The smallest absolute Gasteiger partial charge is 0.427 e. The van der Waals surface area contributed by atoms with Gasteiger partial charge in [0, 0.05) is 0 Å². The molecule has 0 N–H and O–H groups in total. The molecule has 0 heterocycles. The molecular formula is C23H32O4Sn. The number of rotatable bonds is 11. The van der Waals surface area contributed by atoms with Gasteiger partial charge in [-0.1, -0.05) is 60.7 Å². The third-order valence-electron chi connectivity index (χ3n) is 3.81. The van der Waals surface area contributed by atoms with Gasteiger partial charge in [-0.15, -0.1) is 0 Å². The van der Waals surface area contributed by atoms with E-state index >= 15 is 0 Å². The molecule has 0 aliphatic carbocycles. The van der Waals surface area contributed by atoms with Gasteiger partial charge >= 0.3 is 75.7 Å². The van der Waals surface area contributed by atoms with Crippen LogP contribution in [0.15, 0.2) is 60.7 Å². The summed E-state index contributed by atoms with van der Waals surface area (Å²) in [5.41, 5.74) is 1.81. The van der Waals surface area contributed by atoms with Crippen molar-refractivity contribution < 1.29 is 19.3 Å². The number of hydrogen-bond acceptors (Lipinski definition) is 4. The molecule has 28 heavy (non-hydrogen) atoms. The number of unbranched alkanes of at least 4 members (excludes halogenated alkanes) is 2. The summed E-state index contributed by atoms with van der Waals surface area (Å²) >= 11 is 0.149. The van der Waals surface area contributed by atoms with E-state index in [1.165, 1.54) is 25.7 Å². The Morgan fingerprint density at radius 2 is 1.29 bits per heavy atom. The summed E-state index contributed by atoms with van der Waals surface area (Å²) < 4.78 is 8.13. The van der Waals surface area contributed by atoms with Gasteiger partial charge in [-0.2, -0.15) is 4.89 Å². The Morgan fingerprint density at radius 3 is 1.79 bits per heavy atom. The number of benzene rings is 2. The third-order valence-corrected chi connectivity index (χ3v) is 7.85. The Morgan fingerprint density at radius 1 is 0.786 bits per heavy atom. The topological polar surface area (TPSA) is 44.8 Å². The van der Waals surface area contributed by atoms with Crippen molar-refractivity contribution in [2.45, 2.75) is 61.6 Å². The molecule has 0 spiro atoms. The molecule has 4 nitrogen and oxygen atoms in total. The fourth-order valence-corrected chi connectivity index (χ4v) is 6.35. The molecule has 2 rings (SSSR count). The van der Waals surface area contributed by atoms with Crippen LogP contribution < -0.4 is 0 Å². The van der Waals surface area contributed by atoms with Crippen LogP contribution in [0.5, 0.6) is 0 Å². The molecule has 0 atom stereocenters. The summed E-state index contributed by atoms with van der Waals surface area (Å²) in [6, 6.07) is 18.8. The van der Waals surface area contributed by atoms with Crippen molar-refractivity contribution >= 4 is 27.3 Å². The molecule has 0 aromatic heterocycles. The van der Waals surface area contributed by atoms with E-state index in [4.69, 9.17) is 9.62 Å². The number of hydrogen-bond donors (Lipinski definition) is 0. The normalized spacial score (nSPS) is 9.93. The maximum absolute atomic E-state index is 11.2. The number of carbonyl (C=O) groups excluding carboxylic acids is 1. The zero-order chi connectivity index (χ0) is 20.3. The molecule has 0 aliphatic rings. The SMILES string of the molecule is CCC[CH2][Sn][CH2]CCC.O=C(OCc1ccccc1)OOCc1ccccc1. The second-order valence-electron chi connectivity index (χ2n) is 6.31. The zero-order valence-electron chi connectivity index (χ0n) is 17.1. The van der Waals surface area contributed by atoms with Crippen molar-refractivity contribution in [1.82, 2.24) is 0 Å².